The maximum Gasteiger partial charge on any atom is 0.237 e. The van der Waals surface area contributed by atoms with Gasteiger partial charge in [0.25, 0.3) is 0 Å². The SMILES string of the molecule is Cc1ccc(-n2ccnc2SC(C)C(=O)Nc2ccc3c(c2)OCCO3)c(C)c1. The molecule has 7 heteroatoms. The second-order valence-corrected chi connectivity index (χ2v) is 8.29. The molecule has 1 N–H and O–H groups in total. The fraction of sp³-hybridized carbons (Fsp3) is 0.273. The van der Waals surface area contributed by atoms with Gasteiger partial charge in [0.05, 0.1) is 10.9 Å². The number of fused-ring (bicyclic) bond motifs is 1. The number of aryl methyl sites for hydroxylation is 2. The number of benzene rings is 2. The zero-order valence-corrected chi connectivity index (χ0v) is 17.5. The van der Waals surface area contributed by atoms with Crippen LogP contribution in [-0.4, -0.2) is 33.9 Å². The lowest BCUT2D eigenvalue weighted by molar-refractivity contribution is -0.115. The quantitative estimate of drug-likeness (QED) is 0.634. The third-order valence-corrected chi connectivity index (χ3v) is 5.76. The number of anilines is 1. The zero-order valence-electron chi connectivity index (χ0n) is 16.6. The Hall–Kier alpha value is -2.93. The number of imidazole rings is 1. The van der Waals surface area contributed by atoms with Gasteiger partial charge in [-0.05, 0) is 44.5 Å². The van der Waals surface area contributed by atoms with E-state index in [-0.39, 0.29) is 11.2 Å². The Balaban J connectivity index is 1.47. The van der Waals surface area contributed by atoms with Gasteiger partial charge < -0.3 is 14.8 Å². The summed E-state index contributed by atoms with van der Waals surface area (Å²) in [4.78, 5) is 17.2. The highest BCUT2D eigenvalue weighted by atomic mass is 32.2. The van der Waals surface area contributed by atoms with Crippen molar-refractivity contribution < 1.29 is 14.3 Å². The fourth-order valence-corrected chi connectivity index (χ4v) is 4.09. The van der Waals surface area contributed by atoms with Crippen LogP contribution >= 0.6 is 11.8 Å². The monoisotopic (exact) mass is 409 g/mol. The van der Waals surface area contributed by atoms with Gasteiger partial charge in [-0.1, -0.05) is 29.5 Å². The van der Waals surface area contributed by atoms with Crippen molar-refractivity contribution >= 4 is 23.4 Å². The highest BCUT2D eigenvalue weighted by Crippen LogP contribution is 2.33. The van der Waals surface area contributed by atoms with Crippen molar-refractivity contribution in [3.05, 3.63) is 59.9 Å². The first-order chi connectivity index (χ1) is 14.0. The van der Waals surface area contributed by atoms with Gasteiger partial charge in [-0.2, -0.15) is 0 Å². The number of rotatable bonds is 5. The molecule has 2 aromatic carbocycles. The lowest BCUT2D eigenvalue weighted by Gasteiger charge is -2.19. The van der Waals surface area contributed by atoms with E-state index in [2.05, 4.69) is 42.3 Å². The van der Waals surface area contributed by atoms with E-state index in [1.165, 1.54) is 22.9 Å². The average Bonchev–Trinajstić information content (AvgIpc) is 3.15. The van der Waals surface area contributed by atoms with Gasteiger partial charge in [-0.25, -0.2) is 4.98 Å². The van der Waals surface area contributed by atoms with E-state index in [9.17, 15) is 4.79 Å². The molecule has 4 rings (SSSR count). The van der Waals surface area contributed by atoms with Crippen molar-refractivity contribution in [2.45, 2.75) is 31.2 Å². The van der Waals surface area contributed by atoms with Crippen LogP contribution in [0.25, 0.3) is 5.69 Å². The summed E-state index contributed by atoms with van der Waals surface area (Å²) < 4.78 is 13.1. The summed E-state index contributed by atoms with van der Waals surface area (Å²) in [5.74, 6) is 1.26. The number of carbonyl (C=O) groups excluding carboxylic acids is 1. The third-order valence-electron chi connectivity index (χ3n) is 4.68. The average molecular weight is 410 g/mol. The summed E-state index contributed by atoms with van der Waals surface area (Å²) in [5.41, 5.74) is 4.13. The van der Waals surface area contributed by atoms with Crippen LogP contribution in [0, 0.1) is 13.8 Å². The molecule has 1 unspecified atom stereocenters. The Labute approximate surface area is 174 Å². The number of thioether (sulfide) groups is 1. The minimum Gasteiger partial charge on any atom is -0.486 e. The number of hydrogen-bond acceptors (Lipinski definition) is 5. The van der Waals surface area contributed by atoms with Gasteiger partial charge in [-0.3, -0.25) is 9.36 Å². The molecule has 1 amide bonds. The maximum absolute atomic E-state index is 12.7. The third kappa shape index (κ3) is 4.24. The topological polar surface area (TPSA) is 65.4 Å². The molecule has 1 aliphatic rings. The molecule has 29 heavy (non-hydrogen) atoms. The maximum atomic E-state index is 12.7. The van der Waals surface area contributed by atoms with Crippen LogP contribution in [0.5, 0.6) is 11.5 Å². The summed E-state index contributed by atoms with van der Waals surface area (Å²) >= 11 is 1.42. The highest BCUT2D eigenvalue weighted by Gasteiger charge is 2.20. The molecule has 0 radical (unpaired) electrons. The smallest absolute Gasteiger partial charge is 0.237 e. The van der Waals surface area contributed by atoms with Gasteiger partial charge >= 0.3 is 0 Å². The molecule has 0 bridgehead atoms. The second kappa shape index (κ2) is 8.21. The second-order valence-electron chi connectivity index (χ2n) is 6.98. The van der Waals surface area contributed by atoms with Crippen LogP contribution in [0.1, 0.15) is 18.1 Å². The van der Waals surface area contributed by atoms with E-state index in [0.29, 0.717) is 30.4 Å². The van der Waals surface area contributed by atoms with Crippen LogP contribution < -0.4 is 14.8 Å². The minimum absolute atomic E-state index is 0.0955. The molecule has 2 heterocycles. The minimum atomic E-state index is -0.324. The van der Waals surface area contributed by atoms with Crippen LogP contribution in [0.15, 0.2) is 53.9 Å². The Morgan fingerprint density at radius 3 is 2.72 bits per heavy atom. The van der Waals surface area contributed by atoms with Crippen molar-refractivity contribution in [3.8, 4) is 17.2 Å². The Bertz CT molecular complexity index is 1050. The Kier molecular flexibility index (Phi) is 5.49. The zero-order chi connectivity index (χ0) is 20.4. The van der Waals surface area contributed by atoms with E-state index >= 15 is 0 Å². The summed E-state index contributed by atoms with van der Waals surface area (Å²) in [6.45, 7) is 7.08. The van der Waals surface area contributed by atoms with Gasteiger partial charge in [0.1, 0.15) is 13.2 Å². The van der Waals surface area contributed by atoms with Crippen molar-refractivity contribution in [2.24, 2.45) is 0 Å². The molecule has 0 spiro atoms. The molecular weight excluding hydrogens is 386 g/mol. The number of hydrogen-bond donors (Lipinski definition) is 1. The number of carbonyl (C=O) groups is 1. The number of nitrogens with one attached hydrogen (secondary N) is 1. The van der Waals surface area contributed by atoms with Crippen molar-refractivity contribution in [2.75, 3.05) is 18.5 Å². The van der Waals surface area contributed by atoms with Crippen LogP contribution in [-0.2, 0) is 4.79 Å². The van der Waals surface area contributed by atoms with Gasteiger partial charge in [0, 0.05) is 24.1 Å². The molecule has 1 atom stereocenters. The number of nitrogens with zero attached hydrogens (tertiary/aromatic N) is 2. The molecule has 6 nitrogen and oxygen atoms in total. The number of amides is 1. The van der Waals surface area contributed by atoms with Crippen LogP contribution in [0.2, 0.25) is 0 Å². The largest absolute Gasteiger partial charge is 0.486 e. The van der Waals surface area contributed by atoms with Crippen molar-refractivity contribution in [3.63, 3.8) is 0 Å². The molecule has 0 saturated carbocycles. The predicted molar refractivity (Wildman–Crippen MR) is 114 cm³/mol. The first-order valence-electron chi connectivity index (χ1n) is 9.49. The summed E-state index contributed by atoms with van der Waals surface area (Å²) in [7, 11) is 0. The summed E-state index contributed by atoms with van der Waals surface area (Å²) in [6.07, 6.45) is 3.68. The standard InChI is InChI=1S/C22H23N3O3S/c1-14-4-6-18(15(2)12-14)25-9-8-23-22(25)29-16(3)21(26)24-17-5-7-19-20(13-17)28-11-10-27-19/h4-9,12-13,16H,10-11H2,1-3H3,(H,24,26). The Morgan fingerprint density at radius 2 is 1.93 bits per heavy atom. The van der Waals surface area contributed by atoms with E-state index in [1.807, 2.05) is 29.8 Å². The number of ether oxygens (including phenoxy) is 2. The summed E-state index contributed by atoms with van der Waals surface area (Å²) in [6, 6.07) is 11.7. The Morgan fingerprint density at radius 1 is 1.14 bits per heavy atom. The van der Waals surface area contributed by atoms with Crippen LogP contribution in [0.4, 0.5) is 5.69 Å². The van der Waals surface area contributed by atoms with Crippen molar-refractivity contribution in [1.29, 1.82) is 0 Å². The van der Waals surface area contributed by atoms with E-state index in [0.717, 1.165) is 10.8 Å². The fourth-order valence-electron chi connectivity index (χ4n) is 3.21. The first-order valence-corrected chi connectivity index (χ1v) is 10.4. The molecule has 0 saturated heterocycles. The molecule has 1 aromatic heterocycles. The lowest BCUT2D eigenvalue weighted by atomic mass is 10.1. The summed E-state index contributed by atoms with van der Waals surface area (Å²) in [5, 5.41) is 3.41. The lowest BCUT2D eigenvalue weighted by Crippen LogP contribution is -2.23. The predicted octanol–water partition coefficient (Wildman–Crippen LogP) is 4.38. The molecular formula is C22H23N3O3S. The van der Waals surface area contributed by atoms with E-state index in [1.54, 1.807) is 12.3 Å². The van der Waals surface area contributed by atoms with Gasteiger partial charge in [0.15, 0.2) is 16.7 Å². The molecule has 0 fully saturated rings. The highest BCUT2D eigenvalue weighted by molar-refractivity contribution is 8.00. The number of aromatic nitrogens is 2. The van der Waals surface area contributed by atoms with Gasteiger partial charge in [-0.15, -0.1) is 0 Å². The van der Waals surface area contributed by atoms with E-state index < -0.39 is 0 Å². The molecule has 150 valence electrons. The first kappa shape index (κ1) is 19.4. The van der Waals surface area contributed by atoms with Gasteiger partial charge in [0.2, 0.25) is 5.91 Å². The molecule has 3 aromatic rings. The van der Waals surface area contributed by atoms with Crippen molar-refractivity contribution in [1.82, 2.24) is 9.55 Å². The van der Waals surface area contributed by atoms with E-state index in [4.69, 9.17) is 9.47 Å². The molecule has 1 aliphatic heterocycles. The normalized spacial score (nSPS) is 13.8. The van der Waals surface area contributed by atoms with Crippen LogP contribution in [0.3, 0.4) is 0 Å². The molecule has 0 aliphatic carbocycles.